The number of aryl methyl sites for hydroxylation is 1. The van der Waals surface area contributed by atoms with Gasteiger partial charge in [0.15, 0.2) is 0 Å². The maximum absolute atomic E-state index is 3.69. The van der Waals surface area contributed by atoms with Crippen molar-refractivity contribution >= 4 is 10.9 Å². The van der Waals surface area contributed by atoms with Gasteiger partial charge in [0.05, 0.1) is 6.04 Å². The summed E-state index contributed by atoms with van der Waals surface area (Å²) in [6, 6.07) is 9.01. The molecule has 1 aliphatic carbocycles. The zero-order valence-corrected chi connectivity index (χ0v) is 17.4. The van der Waals surface area contributed by atoms with E-state index in [2.05, 4.69) is 65.8 Å². The molecule has 1 aromatic carbocycles. The largest absolute Gasteiger partial charge is 0.377 e. The van der Waals surface area contributed by atoms with Crippen LogP contribution in [-0.2, 0) is 6.42 Å². The molecule has 0 radical (unpaired) electrons. The van der Waals surface area contributed by atoms with Gasteiger partial charge >= 0.3 is 0 Å². The van der Waals surface area contributed by atoms with Gasteiger partial charge in [0.1, 0.15) is 0 Å². The fourth-order valence-corrected chi connectivity index (χ4v) is 3.26. The summed E-state index contributed by atoms with van der Waals surface area (Å²) in [5.41, 5.74) is 5.29. The van der Waals surface area contributed by atoms with Gasteiger partial charge in [-0.2, -0.15) is 0 Å². The van der Waals surface area contributed by atoms with Crippen LogP contribution in [0.3, 0.4) is 0 Å². The van der Waals surface area contributed by atoms with E-state index in [-0.39, 0.29) is 0 Å². The molecule has 26 heavy (non-hydrogen) atoms. The van der Waals surface area contributed by atoms with Gasteiger partial charge in [-0.3, -0.25) is 0 Å². The van der Waals surface area contributed by atoms with Crippen LogP contribution in [0.25, 0.3) is 10.9 Å². The smallest absolute Gasteiger partial charge is 0.0666 e. The van der Waals surface area contributed by atoms with Crippen molar-refractivity contribution in [3.63, 3.8) is 0 Å². The Balaban J connectivity index is 0.000000791. The van der Waals surface area contributed by atoms with Gasteiger partial charge in [-0.1, -0.05) is 70.2 Å². The van der Waals surface area contributed by atoms with Gasteiger partial charge in [-0.05, 0) is 50.8 Å². The number of hydrogen-bond donors (Lipinski definition) is 2. The van der Waals surface area contributed by atoms with Gasteiger partial charge in [0.25, 0.3) is 0 Å². The first-order valence-corrected chi connectivity index (χ1v) is 10.1. The van der Waals surface area contributed by atoms with E-state index < -0.39 is 0 Å². The van der Waals surface area contributed by atoms with Crippen molar-refractivity contribution in [2.75, 3.05) is 0 Å². The fourth-order valence-electron chi connectivity index (χ4n) is 3.26. The Morgan fingerprint density at radius 3 is 2.50 bits per heavy atom. The van der Waals surface area contributed by atoms with E-state index in [1.165, 1.54) is 47.1 Å². The summed E-state index contributed by atoms with van der Waals surface area (Å²) >= 11 is 0. The SMILES string of the molecule is CC.CC.C\C=C/C=C\C(=C/C)NC1CCCc2c1[nH]c1ccccc21. The van der Waals surface area contributed by atoms with Crippen molar-refractivity contribution in [2.45, 2.75) is 66.8 Å². The molecule has 0 saturated heterocycles. The molecule has 1 heterocycles. The predicted molar refractivity (Wildman–Crippen MR) is 118 cm³/mol. The van der Waals surface area contributed by atoms with Gasteiger partial charge in [0.2, 0.25) is 0 Å². The lowest BCUT2D eigenvalue weighted by Gasteiger charge is -2.25. The summed E-state index contributed by atoms with van der Waals surface area (Å²) in [5, 5.41) is 5.08. The highest BCUT2D eigenvalue weighted by Crippen LogP contribution is 2.35. The van der Waals surface area contributed by atoms with E-state index in [9.17, 15) is 0 Å². The lowest BCUT2D eigenvalue weighted by Crippen LogP contribution is -2.24. The van der Waals surface area contributed by atoms with Crippen LogP contribution in [0, 0.1) is 0 Å². The van der Waals surface area contributed by atoms with Crippen LogP contribution in [0.15, 0.2) is 60.3 Å². The minimum absolute atomic E-state index is 0.373. The molecular weight excluding hydrogens is 316 g/mol. The summed E-state index contributed by atoms with van der Waals surface area (Å²) < 4.78 is 0. The summed E-state index contributed by atoms with van der Waals surface area (Å²) in [7, 11) is 0. The van der Waals surface area contributed by atoms with Gasteiger partial charge in [-0.25, -0.2) is 0 Å². The van der Waals surface area contributed by atoms with E-state index in [0.717, 1.165) is 0 Å². The fraction of sp³-hybridized carbons (Fsp3) is 0.417. The van der Waals surface area contributed by atoms with E-state index in [4.69, 9.17) is 0 Å². The van der Waals surface area contributed by atoms with Crippen molar-refractivity contribution in [3.05, 3.63) is 71.6 Å². The summed E-state index contributed by atoms with van der Waals surface area (Å²) in [4.78, 5) is 3.64. The second kappa shape index (κ2) is 12.2. The van der Waals surface area contributed by atoms with Crippen molar-refractivity contribution in [2.24, 2.45) is 0 Å². The van der Waals surface area contributed by atoms with E-state index in [1.54, 1.807) is 0 Å². The van der Waals surface area contributed by atoms with Crippen LogP contribution in [0.2, 0.25) is 0 Å². The molecule has 142 valence electrons. The first kappa shape index (κ1) is 21.8. The predicted octanol–water partition coefficient (Wildman–Crippen LogP) is 7.22. The molecule has 0 bridgehead atoms. The Morgan fingerprint density at radius 1 is 1.08 bits per heavy atom. The van der Waals surface area contributed by atoms with Crippen LogP contribution in [0.5, 0.6) is 0 Å². The summed E-state index contributed by atoms with van der Waals surface area (Å²) in [6.07, 6.45) is 14.0. The molecule has 0 spiro atoms. The van der Waals surface area contributed by atoms with Crippen LogP contribution >= 0.6 is 0 Å². The molecule has 2 N–H and O–H groups in total. The second-order valence-corrected chi connectivity index (χ2v) is 5.78. The molecule has 1 aromatic heterocycles. The van der Waals surface area contributed by atoms with Crippen LogP contribution in [0.4, 0.5) is 0 Å². The lowest BCUT2D eigenvalue weighted by molar-refractivity contribution is 0.496. The molecular formula is C24H36N2. The maximum Gasteiger partial charge on any atom is 0.0666 e. The molecule has 1 aliphatic rings. The average Bonchev–Trinajstić information content (AvgIpc) is 3.10. The molecule has 2 nitrogen and oxygen atoms in total. The monoisotopic (exact) mass is 352 g/mol. The average molecular weight is 353 g/mol. The van der Waals surface area contributed by atoms with E-state index in [0.29, 0.717) is 6.04 Å². The molecule has 0 saturated carbocycles. The number of allylic oxidation sites excluding steroid dienone is 5. The number of nitrogens with one attached hydrogen (secondary N) is 2. The Labute approximate surface area is 160 Å². The maximum atomic E-state index is 3.69. The highest BCUT2D eigenvalue weighted by molar-refractivity contribution is 5.85. The topological polar surface area (TPSA) is 27.8 Å². The molecule has 2 heteroatoms. The molecule has 1 unspecified atom stereocenters. The number of hydrogen-bond acceptors (Lipinski definition) is 1. The Kier molecular flexibility index (Phi) is 10.2. The molecule has 0 aliphatic heterocycles. The van der Waals surface area contributed by atoms with E-state index >= 15 is 0 Å². The summed E-state index contributed by atoms with van der Waals surface area (Å²) in [6.45, 7) is 12.1. The number of para-hydroxylation sites is 1. The van der Waals surface area contributed by atoms with Crippen LogP contribution < -0.4 is 5.32 Å². The first-order chi connectivity index (χ1) is 12.8. The van der Waals surface area contributed by atoms with Crippen molar-refractivity contribution < 1.29 is 0 Å². The quantitative estimate of drug-likeness (QED) is 0.558. The molecule has 0 amide bonds. The molecule has 1 atom stereocenters. The number of aromatic nitrogens is 1. The minimum Gasteiger partial charge on any atom is -0.377 e. The minimum atomic E-state index is 0.373. The van der Waals surface area contributed by atoms with Gasteiger partial charge in [0, 0.05) is 22.3 Å². The van der Waals surface area contributed by atoms with Crippen molar-refractivity contribution in [1.29, 1.82) is 0 Å². The van der Waals surface area contributed by atoms with Gasteiger partial charge < -0.3 is 10.3 Å². The highest BCUT2D eigenvalue weighted by atomic mass is 15.0. The van der Waals surface area contributed by atoms with E-state index in [1.807, 2.05) is 40.7 Å². The third-order valence-corrected chi connectivity index (χ3v) is 4.35. The van der Waals surface area contributed by atoms with Crippen LogP contribution in [-0.4, -0.2) is 4.98 Å². The molecule has 2 aromatic rings. The van der Waals surface area contributed by atoms with Gasteiger partial charge in [-0.15, -0.1) is 0 Å². The van der Waals surface area contributed by atoms with Crippen molar-refractivity contribution in [1.82, 2.24) is 10.3 Å². The number of fused-ring (bicyclic) bond motifs is 3. The zero-order valence-electron chi connectivity index (χ0n) is 17.4. The highest BCUT2D eigenvalue weighted by Gasteiger charge is 2.23. The van der Waals surface area contributed by atoms with Crippen LogP contribution in [0.1, 0.15) is 71.7 Å². The second-order valence-electron chi connectivity index (χ2n) is 5.78. The number of aromatic amines is 1. The normalized spacial score (nSPS) is 16.7. The Hall–Kier alpha value is -2.22. The third kappa shape index (κ3) is 5.39. The Bertz CT molecular complexity index is 732. The molecule has 3 rings (SSSR count). The number of rotatable bonds is 4. The standard InChI is InChI=1S/C20H24N2.2C2H6/c1-3-5-6-10-15(4-2)21-19-14-9-12-17-16-11-7-8-13-18(16)22-20(17)19;2*1-2/h3-8,10-11,13,19,21-22H,9,12,14H2,1-2H3;2*1-2H3/b5-3-,10-6-,15-4+;;. The summed E-state index contributed by atoms with van der Waals surface area (Å²) in [5.74, 6) is 0. The third-order valence-electron chi connectivity index (χ3n) is 4.35. The number of H-pyrrole nitrogens is 1. The zero-order chi connectivity index (χ0) is 19.4. The number of benzene rings is 1. The Morgan fingerprint density at radius 2 is 1.81 bits per heavy atom. The van der Waals surface area contributed by atoms with Crippen molar-refractivity contribution in [3.8, 4) is 0 Å². The molecule has 0 fully saturated rings. The first-order valence-electron chi connectivity index (χ1n) is 10.1. The lowest BCUT2D eigenvalue weighted by atomic mass is 9.91.